The van der Waals surface area contributed by atoms with Gasteiger partial charge in [-0.1, -0.05) is 6.42 Å². The molecule has 102 valence electrons. The van der Waals surface area contributed by atoms with Gasteiger partial charge in [0.15, 0.2) is 0 Å². The highest BCUT2D eigenvalue weighted by atomic mass is 32.1. The second kappa shape index (κ2) is 6.55. The van der Waals surface area contributed by atoms with Gasteiger partial charge in [0.1, 0.15) is 0 Å². The first-order valence-electron chi connectivity index (χ1n) is 6.91. The number of thiophene rings is 1. The molecule has 3 nitrogen and oxygen atoms in total. The minimum absolute atomic E-state index is 0.305. The van der Waals surface area contributed by atoms with E-state index >= 15 is 0 Å². The van der Waals surface area contributed by atoms with Gasteiger partial charge in [-0.25, -0.2) is 0 Å². The molecule has 1 fully saturated rings. The maximum atomic E-state index is 9.17. The average molecular weight is 268 g/mol. The first-order valence-corrected chi connectivity index (χ1v) is 7.73. The molecule has 0 aliphatic carbocycles. The second-order valence-electron chi connectivity index (χ2n) is 5.26. The Morgan fingerprint density at radius 2 is 2.33 bits per heavy atom. The summed E-state index contributed by atoms with van der Waals surface area (Å²) in [6, 6.07) is 5.24. The fourth-order valence-corrected chi connectivity index (χ4v) is 3.87. The molecule has 0 saturated carbocycles. The number of likely N-dealkylation sites (tertiary alicyclic amines) is 1. The summed E-state index contributed by atoms with van der Waals surface area (Å²) in [5, 5.41) is 10.1. The molecule has 1 aromatic heterocycles. The Hall–Kier alpha value is -0.580. The van der Waals surface area contributed by atoms with Crippen LogP contribution in [0.5, 0.6) is 0 Å². The van der Waals surface area contributed by atoms with Gasteiger partial charge in [-0.2, -0.15) is 0 Å². The molecule has 0 spiro atoms. The summed E-state index contributed by atoms with van der Waals surface area (Å²) in [5.74, 6) is 0. The van der Waals surface area contributed by atoms with Crippen LogP contribution >= 0.6 is 11.3 Å². The van der Waals surface area contributed by atoms with Crippen molar-refractivity contribution in [2.24, 2.45) is 0 Å². The summed E-state index contributed by atoms with van der Waals surface area (Å²) in [7, 11) is 0. The van der Waals surface area contributed by atoms with Crippen LogP contribution in [-0.2, 0) is 6.42 Å². The van der Waals surface area contributed by atoms with Crippen LogP contribution in [0.3, 0.4) is 0 Å². The SMILES string of the molecule is CC(Cc1ccc(N)s1)N1CCCCC1CCO. The molecule has 1 aromatic rings. The van der Waals surface area contributed by atoms with Gasteiger partial charge in [-0.3, -0.25) is 4.90 Å². The first-order chi connectivity index (χ1) is 8.70. The van der Waals surface area contributed by atoms with Crippen LogP contribution in [0.25, 0.3) is 0 Å². The minimum Gasteiger partial charge on any atom is -0.396 e. The Balaban J connectivity index is 1.95. The number of hydrogen-bond donors (Lipinski definition) is 2. The number of nitrogen functional groups attached to an aromatic ring is 1. The van der Waals surface area contributed by atoms with Crippen LogP contribution in [0.1, 0.15) is 37.5 Å². The van der Waals surface area contributed by atoms with Gasteiger partial charge in [-0.05, 0) is 51.3 Å². The number of aliphatic hydroxyl groups is 1. The van der Waals surface area contributed by atoms with Gasteiger partial charge in [0.05, 0.1) is 5.00 Å². The number of rotatable bonds is 5. The lowest BCUT2D eigenvalue weighted by atomic mass is 9.96. The zero-order chi connectivity index (χ0) is 13.0. The first kappa shape index (κ1) is 13.8. The van der Waals surface area contributed by atoms with E-state index in [1.807, 2.05) is 6.07 Å². The molecule has 1 aliphatic heterocycles. The van der Waals surface area contributed by atoms with E-state index in [1.165, 1.54) is 30.7 Å². The summed E-state index contributed by atoms with van der Waals surface area (Å²) < 4.78 is 0. The van der Waals surface area contributed by atoms with Crippen LogP contribution < -0.4 is 5.73 Å². The third-order valence-electron chi connectivity index (χ3n) is 3.88. The van der Waals surface area contributed by atoms with Crippen LogP contribution in [0.15, 0.2) is 12.1 Å². The fourth-order valence-electron chi connectivity index (χ4n) is 2.97. The number of aliphatic hydroxyl groups excluding tert-OH is 1. The molecule has 2 unspecified atom stereocenters. The smallest absolute Gasteiger partial charge is 0.0859 e. The molecule has 0 amide bonds. The molecule has 0 aromatic carbocycles. The zero-order valence-electron chi connectivity index (χ0n) is 11.1. The van der Waals surface area contributed by atoms with Gasteiger partial charge in [0.2, 0.25) is 0 Å². The van der Waals surface area contributed by atoms with Gasteiger partial charge in [0, 0.05) is 23.6 Å². The standard InChI is InChI=1S/C14H24N2OS/c1-11(10-13-5-6-14(15)18-13)16-8-3-2-4-12(16)7-9-17/h5-6,11-12,17H,2-4,7-10,15H2,1H3. The molecule has 4 heteroatoms. The molecule has 2 atom stereocenters. The summed E-state index contributed by atoms with van der Waals surface area (Å²) in [4.78, 5) is 3.95. The van der Waals surface area contributed by atoms with Crippen molar-refractivity contribution in [1.29, 1.82) is 0 Å². The number of nitrogens with two attached hydrogens (primary N) is 1. The van der Waals surface area contributed by atoms with Crippen LogP contribution in [0.2, 0.25) is 0 Å². The van der Waals surface area contributed by atoms with Crippen molar-refractivity contribution in [1.82, 2.24) is 4.90 Å². The Bertz CT molecular complexity index is 364. The molecular formula is C14H24N2OS. The zero-order valence-corrected chi connectivity index (χ0v) is 12.0. The van der Waals surface area contributed by atoms with Gasteiger partial charge < -0.3 is 10.8 Å². The minimum atomic E-state index is 0.305. The lowest BCUT2D eigenvalue weighted by Gasteiger charge is -2.39. The van der Waals surface area contributed by atoms with E-state index in [0.29, 0.717) is 18.7 Å². The highest BCUT2D eigenvalue weighted by Crippen LogP contribution is 2.26. The van der Waals surface area contributed by atoms with Crippen molar-refractivity contribution in [2.75, 3.05) is 18.9 Å². The van der Waals surface area contributed by atoms with Crippen molar-refractivity contribution in [2.45, 2.75) is 51.1 Å². The third kappa shape index (κ3) is 3.46. The summed E-state index contributed by atoms with van der Waals surface area (Å²) in [6.45, 7) is 3.78. The van der Waals surface area contributed by atoms with E-state index in [2.05, 4.69) is 17.9 Å². The maximum Gasteiger partial charge on any atom is 0.0859 e. The highest BCUT2D eigenvalue weighted by molar-refractivity contribution is 7.15. The van der Waals surface area contributed by atoms with E-state index in [9.17, 15) is 0 Å². The highest BCUT2D eigenvalue weighted by Gasteiger charge is 2.26. The van der Waals surface area contributed by atoms with E-state index in [0.717, 1.165) is 17.8 Å². The molecule has 1 aliphatic rings. The van der Waals surface area contributed by atoms with Gasteiger partial charge in [-0.15, -0.1) is 11.3 Å². The summed E-state index contributed by atoms with van der Waals surface area (Å²) >= 11 is 1.70. The quantitative estimate of drug-likeness (QED) is 0.862. The Kier molecular flexibility index (Phi) is 5.03. The molecule has 0 radical (unpaired) electrons. The molecule has 2 rings (SSSR count). The van der Waals surface area contributed by atoms with Crippen molar-refractivity contribution < 1.29 is 5.11 Å². The van der Waals surface area contributed by atoms with E-state index in [1.54, 1.807) is 11.3 Å². The number of nitrogens with zero attached hydrogens (tertiary/aromatic N) is 1. The van der Waals surface area contributed by atoms with Crippen molar-refractivity contribution in [3.05, 3.63) is 17.0 Å². The molecule has 2 heterocycles. The second-order valence-corrected chi connectivity index (χ2v) is 6.46. The van der Waals surface area contributed by atoms with Crippen molar-refractivity contribution in [3.8, 4) is 0 Å². The summed E-state index contributed by atoms with van der Waals surface area (Å²) in [5.41, 5.74) is 5.78. The molecule has 0 bridgehead atoms. The Labute approximate surface area is 114 Å². The maximum absolute atomic E-state index is 9.17. The van der Waals surface area contributed by atoms with Crippen LogP contribution in [0, 0.1) is 0 Å². The van der Waals surface area contributed by atoms with Crippen LogP contribution in [-0.4, -0.2) is 35.2 Å². The Morgan fingerprint density at radius 3 is 3.00 bits per heavy atom. The summed E-state index contributed by atoms with van der Waals surface area (Å²) in [6.07, 6.45) is 5.82. The normalized spacial score (nSPS) is 23.1. The van der Waals surface area contributed by atoms with Gasteiger partial charge >= 0.3 is 0 Å². The number of anilines is 1. The predicted molar refractivity (Wildman–Crippen MR) is 77.9 cm³/mol. The third-order valence-corrected chi connectivity index (χ3v) is 4.82. The lowest BCUT2D eigenvalue weighted by molar-refractivity contribution is 0.0831. The van der Waals surface area contributed by atoms with E-state index in [4.69, 9.17) is 10.8 Å². The van der Waals surface area contributed by atoms with E-state index in [-0.39, 0.29) is 0 Å². The topological polar surface area (TPSA) is 49.5 Å². The number of piperidine rings is 1. The molecule has 3 N–H and O–H groups in total. The van der Waals surface area contributed by atoms with Gasteiger partial charge in [0.25, 0.3) is 0 Å². The number of hydrogen-bond acceptors (Lipinski definition) is 4. The molecular weight excluding hydrogens is 244 g/mol. The lowest BCUT2D eigenvalue weighted by Crippen LogP contribution is -2.46. The predicted octanol–water partition coefficient (Wildman–Crippen LogP) is 2.50. The van der Waals surface area contributed by atoms with Crippen LogP contribution in [0.4, 0.5) is 5.00 Å². The monoisotopic (exact) mass is 268 g/mol. The molecule has 1 saturated heterocycles. The fraction of sp³-hybridized carbons (Fsp3) is 0.714. The van der Waals surface area contributed by atoms with Crippen molar-refractivity contribution >= 4 is 16.3 Å². The van der Waals surface area contributed by atoms with Crippen molar-refractivity contribution in [3.63, 3.8) is 0 Å². The molecule has 18 heavy (non-hydrogen) atoms. The largest absolute Gasteiger partial charge is 0.396 e. The van der Waals surface area contributed by atoms with E-state index < -0.39 is 0 Å². The Morgan fingerprint density at radius 1 is 1.50 bits per heavy atom. The average Bonchev–Trinajstić information content (AvgIpc) is 2.76.